The molecule has 0 fully saturated rings. The highest BCUT2D eigenvalue weighted by atomic mass is 16.5. The van der Waals surface area contributed by atoms with Crippen LogP contribution in [-0.2, 0) is 18.3 Å². The summed E-state index contributed by atoms with van der Waals surface area (Å²) >= 11 is 0. The maximum absolute atomic E-state index is 10.8. The Labute approximate surface area is 166 Å². The first-order valence-electron chi connectivity index (χ1n) is 9.11. The SMILES string of the molecule is Cc1cc(CCC(=O)O)ccc1-c1noc(-c2cc(C#N)c3c(ccn3C)c2)n1. The van der Waals surface area contributed by atoms with Crippen molar-refractivity contribution in [2.75, 3.05) is 0 Å². The average molecular weight is 386 g/mol. The number of hydrogen-bond acceptors (Lipinski definition) is 5. The molecule has 2 heterocycles. The van der Waals surface area contributed by atoms with Gasteiger partial charge in [0.05, 0.1) is 11.1 Å². The Morgan fingerprint density at radius 3 is 2.83 bits per heavy atom. The lowest BCUT2D eigenvalue weighted by atomic mass is 10.0. The van der Waals surface area contributed by atoms with Crippen LogP contribution < -0.4 is 0 Å². The molecule has 7 heteroatoms. The Morgan fingerprint density at radius 2 is 2.10 bits per heavy atom. The molecule has 1 N–H and O–H groups in total. The van der Waals surface area contributed by atoms with Gasteiger partial charge in [0.25, 0.3) is 5.89 Å². The summed E-state index contributed by atoms with van der Waals surface area (Å²) in [5.74, 6) is -0.0211. The topological polar surface area (TPSA) is 105 Å². The van der Waals surface area contributed by atoms with Gasteiger partial charge in [-0.1, -0.05) is 23.4 Å². The van der Waals surface area contributed by atoms with Crippen LogP contribution in [0.25, 0.3) is 33.7 Å². The highest BCUT2D eigenvalue weighted by Gasteiger charge is 2.16. The van der Waals surface area contributed by atoms with E-state index in [2.05, 4.69) is 16.2 Å². The second kappa shape index (κ2) is 7.24. The Bertz CT molecular complexity index is 1280. The standard InChI is InChI=1S/C22H18N4O3/c1-13-9-14(4-6-19(27)28)3-5-18(13)21-24-22(29-25-21)16-10-15-7-8-26(2)20(15)17(11-16)12-23/h3,5,7-11H,4,6H2,1-2H3,(H,27,28). The zero-order chi connectivity index (χ0) is 20.5. The Balaban J connectivity index is 1.68. The molecule has 0 aliphatic heterocycles. The molecule has 0 bridgehead atoms. The van der Waals surface area contributed by atoms with Gasteiger partial charge in [0.1, 0.15) is 6.07 Å². The largest absolute Gasteiger partial charge is 0.481 e. The third kappa shape index (κ3) is 3.48. The number of hydrogen-bond donors (Lipinski definition) is 1. The molecule has 0 saturated carbocycles. The minimum Gasteiger partial charge on any atom is -0.481 e. The molecule has 0 unspecified atom stereocenters. The molecular weight excluding hydrogens is 368 g/mol. The summed E-state index contributed by atoms with van der Waals surface area (Å²) in [7, 11) is 1.90. The number of fused-ring (bicyclic) bond motifs is 1. The molecule has 2 aromatic heterocycles. The first-order valence-corrected chi connectivity index (χ1v) is 9.11. The number of aliphatic carboxylic acids is 1. The maximum Gasteiger partial charge on any atom is 0.303 e. The molecule has 0 aliphatic carbocycles. The average Bonchev–Trinajstić information content (AvgIpc) is 3.33. The predicted octanol–water partition coefficient (Wildman–Crippen LogP) is 4.09. The normalized spacial score (nSPS) is 10.9. The first kappa shape index (κ1) is 18.4. The molecule has 4 aromatic rings. The van der Waals surface area contributed by atoms with Crippen molar-refractivity contribution in [1.82, 2.24) is 14.7 Å². The monoisotopic (exact) mass is 386 g/mol. The van der Waals surface area contributed by atoms with Crippen molar-refractivity contribution in [2.24, 2.45) is 7.05 Å². The summed E-state index contributed by atoms with van der Waals surface area (Å²) in [4.78, 5) is 15.3. The van der Waals surface area contributed by atoms with E-state index in [9.17, 15) is 10.1 Å². The van der Waals surface area contributed by atoms with Gasteiger partial charge in [-0.25, -0.2) is 0 Å². The van der Waals surface area contributed by atoms with Crippen LogP contribution in [0.5, 0.6) is 0 Å². The quantitative estimate of drug-likeness (QED) is 0.554. The van der Waals surface area contributed by atoms with Gasteiger partial charge >= 0.3 is 5.97 Å². The number of nitrogens with zero attached hydrogens (tertiary/aromatic N) is 4. The van der Waals surface area contributed by atoms with Crippen LogP contribution >= 0.6 is 0 Å². The summed E-state index contributed by atoms with van der Waals surface area (Å²) in [5.41, 5.74) is 4.81. The summed E-state index contributed by atoms with van der Waals surface area (Å²) in [6.45, 7) is 1.93. The number of nitriles is 1. The lowest BCUT2D eigenvalue weighted by molar-refractivity contribution is -0.136. The molecule has 4 rings (SSSR count). The fraction of sp³-hybridized carbons (Fsp3) is 0.182. The van der Waals surface area contributed by atoms with E-state index in [0.29, 0.717) is 29.3 Å². The van der Waals surface area contributed by atoms with E-state index in [1.165, 1.54) is 0 Å². The highest BCUT2D eigenvalue weighted by molar-refractivity contribution is 5.89. The fourth-order valence-corrected chi connectivity index (χ4v) is 3.49. The smallest absolute Gasteiger partial charge is 0.303 e. The zero-order valence-corrected chi connectivity index (χ0v) is 16.0. The second-order valence-electron chi connectivity index (χ2n) is 6.97. The predicted molar refractivity (Wildman–Crippen MR) is 107 cm³/mol. The van der Waals surface area contributed by atoms with E-state index in [-0.39, 0.29) is 6.42 Å². The summed E-state index contributed by atoms with van der Waals surface area (Å²) in [6.07, 6.45) is 2.47. The molecule has 0 amide bonds. The van der Waals surface area contributed by atoms with Gasteiger partial charge in [-0.2, -0.15) is 10.2 Å². The molecule has 0 spiro atoms. The van der Waals surface area contributed by atoms with Crippen LogP contribution in [-0.4, -0.2) is 25.8 Å². The Hall–Kier alpha value is -3.92. The van der Waals surface area contributed by atoms with Crippen molar-refractivity contribution in [3.05, 3.63) is 59.3 Å². The van der Waals surface area contributed by atoms with E-state index in [1.807, 2.05) is 55.1 Å². The van der Waals surface area contributed by atoms with Crippen LogP contribution in [0.2, 0.25) is 0 Å². The van der Waals surface area contributed by atoms with Crippen molar-refractivity contribution in [3.8, 4) is 28.9 Å². The molecule has 29 heavy (non-hydrogen) atoms. The number of carboxylic acid groups (broad SMARTS) is 1. The van der Waals surface area contributed by atoms with Crippen molar-refractivity contribution in [3.63, 3.8) is 0 Å². The number of aryl methyl sites for hydroxylation is 3. The number of rotatable bonds is 5. The zero-order valence-electron chi connectivity index (χ0n) is 16.0. The van der Waals surface area contributed by atoms with E-state index in [1.54, 1.807) is 6.07 Å². The van der Waals surface area contributed by atoms with Crippen molar-refractivity contribution >= 4 is 16.9 Å². The van der Waals surface area contributed by atoms with Crippen LogP contribution in [0, 0.1) is 18.3 Å². The van der Waals surface area contributed by atoms with E-state index in [0.717, 1.165) is 27.6 Å². The highest BCUT2D eigenvalue weighted by Crippen LogP contribution is 2.29. The van der Waals surface area contributed by atoms with Gasteiger partial charge in [-0.05, 0) is 42.7 Å². The number of aromatic nitrogens is 3. The van der Waals surface area contributed by atoms with Crippen molar-refractivity contribution in [1.29, 1.82) is 5.26 Å². The van der Waals surface area contributed by atoms with Crippen molar-refractivity contribution < 1.29 is 14.4 Å². The molecule has 0 radical (unpaired) electrons. The summed E-state index contributed by atoms with van der Waals surface area (Å²) in [5, 5.41) is 23.4. The molecule has 2 aromatic carbocycles. The van der Waals surface area contributed by atoms with Gasteiger partial charge in [0, 0.05) is 36.2 Å². The lowest BCUT2D eigenvalue weighted by Crippen LogP contribution is -1.98. The van der Waals surface area contributed by atoms with E-state index >= 15 is 0 Å². The molecule has 0 aliphatic rings. The molecule has 0 saturated heterocycles. The molecule has 0 atom stereocenters. The van der Waals surface area contributed by atoms with Gasteiger partial charge in [-0.15, -0.1) is 0 Å². The van der Waals surface area contributed by atoms with Crippen LogP contribution in [0.1, 0.15) is 23.1 Å². The first-order chi connectivity index (χ1) is 14.0. The van der Waals surface area contributed by atoms with Gasteiger partial charge in [0.2, 0.25) is 5.82 Å². The number of benzene rings is 2. The minimum absolute atomic E-state index is 0.0916. The molecule has 144 valence electrons. The van der Waals surface area contributed by atoms with Gasteiger partial charge in [-0.3, -0.25) is 4.79 Å². The third-order valence-corrected chi connectivity index (χ3v) is 4.92. The third-order valence-electron chi connectivity index (χ3n) is 4.92. The Kier molecular flexibility index (Phi) is 4.61. The summed E-state index contributed by atoms with van der Waals surface area (Å²) < 4.78 is 7.38. The van der Waals surface area contributed by atoms with Crippen LogP contribution in [0.4, 0.5) is 0 Å². The van der Waals surface area contributed by atoms with Crippen LogP contribution in [0.15, 0.2) is 47.1 Å². The Morgan fingerprint density at radius 1 is 1.28 bits per heavy atom. The van der Waals surface area contributed by atoms with E-state index < -0.39 is 5.97 Å². The van der Waals surface area contributed by atoms with Gasteiger partial charge in [0.15, 0.2) is 0 Å². The summed E-state index contributed by atoms with van der Waals surface area (Å²) in [6, 6.07) is 13.5. The van der Waals surface area contributed by atoms with Crippen LogP contribution in [0.3, 0.4) is 0 Å². The minimum atomic E-state index is -0.818. The van der Waals surface area contributed by atoms with Gasteiger partial charge < -0.3 is 14.2 Å². The molecular formula is C22H18N4O3. The maximum atomic E-state index is 10.8. The van der Waals surface area contributed by atoms with Crippen molar-refractivity contribution in [2.45, 2.75) is 19.8 Å². The lowest BCUT2D eigenvalue weighted by Gasteiger charge is -2.04. The number of carboxylic acids is 1. The fourth-order valence-electron chi connectivity index (χ4n) is 3.49. The number of carbonyl (C=O) groups is 1. The van der Waals surface area contributed by atoms with E-state index in [4.69, 9.17) is 9.63 Å². The second-order valence-corrected chi connectivity index (χ2v) is 6.97. The molecule has 7 nitrogen and oxygen atoms in total.